The van der Waals surface area contributed by atoms with Gasteiger partial charge in [-0.25, -0.2) is 0 Å². The van der Waals surface area contributed by atoms with Crippen molar-refractivity contribution in [3.05, 3.63) is 100 Å². The van der Waals surface area contributed by atoms with Gasteiger partial charge in [0.05, 0.1) is 4.92 Å². The number of nitro groups is 1. The van der Waals surface area contributed by atoms with E-state index in [1.165, 1.54) is 23.9 Å². The number of benzene rings is 3. The standard InChI is InChI=1S/C23H18N4O4S/c28-27(29)18-12-10-16(11-13-18)15-32-23-25-24-22(26(23)17-6-2-1-3-7-17)21-14-30-19-8-4-5-9-20(19)31-21/h1-13,21H,14-15H2/t21-/m0/s1. The molecule has 0 fully saturated rings. The summed E-state index contributed by atoms with van der Waals surface area (Å²) in [6.45, 7) is 0.328. The Morgan fingerprint density at radius 1 is 0.969 bits per heavy atom. The normalized spacial score (nSPS) is 14.8. The van der Waals surface area contributed by atoms with Gasteiger partial charge in [0.2, 0.25) is 0 Å². The van der Waals surface area contributed by atoms with Crippen molar-refractivity contribution in [2.24, 2.45) is 0 Å². The zero-order valence-electron chi connectivity index (χ0n) is 16.8. The molecule has 9 heteroatoms. The van der Waals surface area contributed by atoms with E-state index in [1.54, 1.807) is 12.1 Å². The SMILES string of the molecule is O=[N+]([O-])c1ccc(CSc2nnc([C@@H]3COc4ccccc4O3)n2-c2ccccc2)cc1. The number of rotatable bonds is 6. The van der Waals surface area contributed by atoms with Gasteiger partial charge in [-0.15, -0.1) is 10.2 Å². The maximum atomic E-state index is 10.9. The van der Waals surface area contributed by atoms with Crippen LogP contribution in [0.1, 0.15) is 17.5 Å². The van der Waals surface area contributed by atoms with E-state index >= 15 is 0 Å². The monoisotopic (exact) mass is 446 g/mol. The Kier molecular flexibility index (Phi) is 5.47. The lowest BCUT2D eigenvalue weighted by atomic mass is 10.2. The van der Waals surface area contributed by atoms with Gasteiger partial charge in [0.1, 0.15) is 6.61 Å². The number of ether oxygens (including phenoxy) is 2. The average Bonchev–Trinajstić information content (AvgIpc) is 3.27. The van der Waals surface area contributed by atoms with Gasteiger partial charge in [0.15, 0.2) is 28.6 Å². The van der Waals surface area contributed by atoms with E-state index in [0.717, 1.165) is 11.3 Å². The number of aromatic nitrogens is 3. The number of hydrogen-bond donors (Lipinski definition) is 0. The predicted octanol–water partition coefficient (Wildman–Crippen LogP) is 4.98. The third-order valence-corrected chi connectivity index (χ3v) is 5.98. The van der Waals surface area contributed by atoms with E-state index in [0.29, 0.717) is 34.8 Å². The summed E-state index contributed by atoms with van der Waals surface area (Å²) in [5.41, 5.74) is 1.94. The Labute approximate surface area is 188 Å². The summed E-state index contributed by atoms with van der Waals surface area (Å²) in [5.74, 6) is 2.62. The highest BCUT2D eigenvalue weighted by molar-refractivity contribution is 7.98. The van der Waals surface area contributed by atoms with Crippen molar-refractivity contribution in [3.8, 4) is 17.2 Å². The first-order valence-electron chi connectivity index (χ1n) is 9.94. The third kappa shape index (κ3) is 4.02. The van der Waals surface area contributed by atoms with E-state index in [2.05, 4.69) is 10.2 Å². The van der Waals surface area contributed by atoms with Crippen LogP contribution in [0.25, 0.3) is 5.69 Å². The molecule has 0 spiro atoms. The third-order valence-electron chi connectivity index (χ3n) is 4.98. The van der Waals surface area contributed by atoms with Gasteiger partial charge < -0.3 is 9.47 Å². The van der Waals surface area contributed by atoms with Gasteiger partial charge >= 0.3 is 0 Å². The molecule has 0 bridgehead atoms. The predicted molar refractivity (Wildman–Crippen MR) is 119 cm³/mol. The van der Waals surface area contributed by atoms with Crippen LogP contribution in [0.2, 0.25) is 0 Å². The molecule has 160 valence electrons. The van der Waals surface area contributed by atoms with Crippen LogP contribution < -0.4 is 9.47 Å². The van der Waals surface area contributed by atoms with Crippen molar-refractivity contribution in [1.82, 2.24) is 14.8 Å². The maximum Gasteiger partial charge on any atom is 0.269 e. The highest BCUT2D eigenvalue weighted by Gasteiger charge is 2.29. The number of nitro benzene ring substituents is 1. The first-order chi connectivity index (χ1) is 15.7. The average molecular weight is 446 g/mol. The second-order valence-electron chi connectivity index (χ2n) is 7.09. The van der Waals surface area contributed by atoms with Crippen LogP contribution >= 0.6 is 11.8 Å². The topological polar surface area (TPSA) is 92.3 Å². The molecule has 1 aliphatic rings. The number of thioether (sulfide) groups is 1. The zero-order valence-corrected chi connectivity index (χ0v) is 17.6. The smallest absolute Gasteiger partial charge is 0.269 e. The zero-order chi connectivity index (χ0) is 21.9. The second-order valence-corrected chi connectivity index (χ2v) is 8.03. The van der Waals surface area contributed by atoms with Crippen LogP contribution in [0.15, 0.2) is 84.0 Å². The fraction of sp³-hybridized carbons (Fsp3) is 0.130. The molecule has 0 aliphatic carbocycles. The summed E-state index contributed by atoms with van der Waals surface area (Å²) < 4.78 is 14.0. The van der Waals surface area contributed by atoms with Crippen LogP contribution in [-0.4, -0.2) is 26.3 Å². The Balaban J connectivity index is 1.43. The molecule has 1 aromatic heterocycles. The lowest BCUT2D eigenvalue weighted by Gasteiger charge is -2.26. The fourth-order valence-corrected chi connectivity index (χ4v) is 4.33. The Hall–Kier alpha value is -3.85. The van der Waals surface area contributed by atoms with Gasteiger partial charge in [-0.1, -0.05) is 54.2 Å². The fourth-order valence-electron chi connectivity index (χ4n) is 3.41. The molecule has 0 saturated carbocycles. The molecule has 0 unspecified atom stereocenters. The van der Waals surface area contributed by atoms with Crippen molar-refractivity contribution in [1.29, 1.82) is 0 Å². The van der Waals surface area contributed by atoms with Crippen molar-refractivity contribution < 1.29 is 14.4 Å². The van der Waals surface area contributed by atoms with Crippen LogP contribution in [0.5, 0.6) is 11.5 Å². The first kappa shape index (κ1) is 20.1. The highest BCUT2D eigenvalue weighted by atomic mass is 32.2. The van der Waals surface area contributed by atoms with E-state index in [9.17, 15) is 10.1 Å². The molecule has 0 N–H and O–H groups in total. The van der Waals surface area contributed by atoms with Crippen molar-refractivity contribution in [2.45, 2.75) is 17.0 Å². The molecule has 2 heterocycles. The van der Waals surface area contributed by atoms with Gasteiger partial charge in [0.25, 0.3) is 5.69 Å². The van der Waals surface area contributed by atoms with E-state index in [4.69, 9.17) is 9.47 Å². The van der Waals surface area contributed by atoms with Gasteiger partial charge in [0, 0.05) is 23.6 Å². The molecular weight excluding hydrogens is 428 g/mol. The van der Waals surface area contributed by atoms with Crippen LogP contribution in [0.4, 0.5) is 5.69 Å². The molecule has 0 amide bonds. The quantitative estimate of drug-likeness (QED) is 0.234. The Morgan fingerprint density at radius 3 is 2.44 bits per heavy atom. The lowest BCUT2D eigenvalue weighted by molar-refractivity contribution is -0.384. The van der Waals surface area contributed by atoms with Gasteiger partial charge in [-0.05, 0) is 29.8 Å². The molecule has 1 aliphatic heterocycles. The summed E-state index contributed by atoms with van der Waals surface area (Å²) in [6.07, 6.45) is -0.411. The van der Waals surface area contributed by atoms with E-state index < -0.39 is 11.0 Å². The molecule has 8 nitrogen and oxygen atoms in total. The van der Waals surface area contributed by atoms with E-state index in [1.807, 2.05) is 59.2 Å². The number of fused-ring (bicyclic) bond motifs is 1. The minimum Gasteiger partial charge on any atom is -0.485 e. The second kappa shape index (κ2) is 8.72. The largest absolute Gasteiger partial charge is 0.485 e. The molecule has 3 aromatic carbocycles. The highest BCUT2D eigenvalue weighted by Crippen LogP contribution is 2.37. The number of para-hydroxylation sites is 3. The van der Waals surface area contributed by atoms with Crippen molar-refractivity contribution in [3.63, 3.8) is 0 Å². The van der Waals surface area contributed by atoms with Crippen LogP contribution in [0.3, 0.4) is 0 Å². The van der Waals surface area contributed by atoms with Gasteiger partial charge in [-0.3, -0.25) is 14.7 Å². The minimum absolute atomic E-state index is 0.0724. The summed E-state index contributed by atoms with van der Waals surface area (Å²) in [5, 5.41) is 20.4. The van der Waals surface area contributed by atoms with E-state index in [-0.39, 0.29) is 5.69 Å². The van der Waals surface area contributed by atoms with Crippen molar-refractivity contribution >= 4 is 17.4 Å². The summed E-state index contributed by atoms with van der Waals surface area (Å²) in [4.78, 5) is 10.5. The Bertz CT molecular complexity index is 1240. The molecule has 0 saturated heterocycles. The van der Waals surface area contributed by atoms with Gasteiger partial charge in [-0.2, -0.15) is 0 Å². The van der Waals surface area contributed by atoms with Crippen LogP contribution in [0, 0.1) is 10.1 Å². The molecule has 5 rings (SSSR count). The van der Waals surface area contributed by atoms with Crippen molar-refractivity contribution in [2.75, 3.05) is 6.61 Å². The summed E-state index contributed by atoms with van der Waals surface area (Å²) in [7, 11) is 0. The number of hydrogen-bond acceptors (Lipinski definition) is 7. The molecule has 0 radical (unpaired) electrons. The van der Waals surface area contributed by atoms with Crippen LogP contribution in [-0.2, 0) is 5.75 Å². The number of nitrogens with zero attached hydrogens (tertiary/aromatic N) is 4. The summed E-state index contributed by atoms with van der Waals surface area (Å²) >= 11 is 1.50. The number of non-ortho nitro benzene ring substituents is 1. The summed E-state index contributed by atoms with van der Waals surface area (Å²) in [6, 6.07) is 23.9. The molecule has 32 heavy (non-hydrogen) atoms. The molecular formula is C23H18N4O4S. The molecule has 1 atom stereocenters. The maximum absolute atomic E-state index is 10.9. The first-order valence-corrected chi connectivity index (χ1v) is 10.9. The minimum atomic E-state index is -0.411. The lowest BCUT2D eigenvalue weighted by Crippen LogP contribution is -2.24. The molecule has 4 aromatic rings. The Morgan fingerprint density at radius 2 is 1.69 bits per heavy atom.